The van der Waals surface area contributed by atoms with Gasteiger partial charge in [0.15, 0.2) is 11.5 Å². The third-order valence-corrected chi connectivity index (χ3v) is 3.81. The fourth-order valence-electron chi connectivity index (χ4n) is 2.46. The van der Waals surface area contributed by atoms with Gasteiger partial charge < -0.3 is 24.6 Å². The van der Waals surface area contributed by atoms with Gasteiger partial charge >= 0.3 is 5.97 Å². The molecule has 0 aliphatic rings. The van der Waals surface area contributed by atoms with E-state index in [1.165, 1.54) is 32.4 Å². The Bertz CT molecular complexity index is 875. The molecule has 0 saturated carbocycles. The molecule has 28 heavy (non-hydrogen) atoms. The van der Waals surface area contributed by atoms with Crippen molar-refractivity contribution in [3.8, 4) is 17.2 Å². The number of carboxylic acids is 1. The molecule has 7 heteroatoms. The lowest BCUT2D eigenvalue weighted by molar-refractivity contribution is -0.111. The highest BCUT2D eigenvalue weighted by Crippen LogP contribution is 2.33. The number of carbonyl (C=O) groups excluding carboxylic acids is 1. The van der Waals surface area contributed by atoms with Gasteiger partial charge in [-0.15, -0.1) is 0 Å². The second-order valence-electron chi connectivity index (χ2n) is 5.77. The smallest absolute Gasteiger partial charge is 0.337 e. The quantitative estimate of drug-likeness (QED) is 0.637. The van der Waals surface area contributed by atoms with Gasteiger partial charge in [-0.3, -0.25) is 4.79 Å². The third kappa shape index (κ3) is 5.26. The third-order valence-electron chi connectivity index (χ3n) is 3.81. The number of anilines is 1. The van der Waals surface area contributed by atoms with E-state index in [1.54, 1.807) is 6.08 Å². The van der Waals surface area contributed by atoms with Crippen LogP contribution >= 0.6 is 0 Å². The van der Waals surface area contributed by atoms with Gasteiger partial charge in [-0.2, -0.15) is 0 Å². The molecule has 0 unspecified atom stereocenters. The van der Waals surface area contributed by atoms with Crippen molar-refractivity contribution < 1.29 is 28.9 Å². The summed E-state index contributed by atoms with van der Waals surface area (Å²) in [5.74, 6) is -0.440. The second kappa shape index (κ2) is 10.0. The monoisotopic (exact) mass is 385 g/mol. The first kappa shape index (κ1) is 20.8. The maximum atomic E-state index is 12.3. The highest BCUT2D eigenvalue weighted by Gasteiger charge is 2.17. The zero-order chi connectivity index (χ0) is 20.5. The molecule has 0 aromatic heterocycles. The van der Waals surface area contributed by atoms with Crippen molar-refractivity contribution in [1.82, 2.24) is 0 Å². The van der Waals surface area contributed by atoms with Crippen LogP contribution in [0.3, 0.4) is 0 Å². The van der Waals surface area contributed by atoms with Crippen molar-refractivity contribution in [2.45, 2.75) is 13.3 Å². The van der Waals surface area contributed by atoms with E-state index in [-0.39, 0.29) is 17.0 Å². The van der Waals surface area contributed by atoms with E-state index < -0.39 is 11.9 Å². The first-order valence-electron chi connectivity index (χ1n) is 8.70. The number of hydrogen-bond acceptors (Lipinski definition) is 5. The zero-order valence-electron chi connectivity index (χ0n) is 16.0. The van der Waals surface area contributed by atoms with Crippen LogP contribution in [0.15, 0.2) is 42.5 Å². The van der Waals surface area contributed by atoms with E-state index >= 15 is 0 Å². The molecular formula is C21H23NO6. The normalized spacial score (nSPS) is 10.5. The molecule has 2 N–H and O–H groups in total. The lowest BCUT2D eigenvalue weighted by atomic mass is 10.1. The minimum atomic E-state index is -1.20. The van der Waals surface area contributed by atoms with Crippen molar-refractivity contribution in [2.24, 2.45) is 0 Å². The Balaban J connectivity index is 2.23. The first-order chi connectivity index (χ1) is 13.5. The summed E-state index contributed by atoms with van der Waals surface area (Å²) in [7, 11) is 2.83. The van der Waals surface area contributed by atoms with E-state index in [1.807, 2.05) is 31.2 Å². The Hall–Kier alpha value is -3.48. The number of nitrogens with one attached hydrogen (secondary N) is 1. The summed E-state index contributed by atoms with van der Waals surface area (Å²) in [5.41, 5.74) is 0.748. The van der Waals surface area contributed by atoms with Crippen molar-refractivity contribution >= 4 is 23.6 Å². The number of amides is 1. The van der Waals surface area contributed by atoms with E-state index in [9.17, 15) is 14.7 Å². The first-order valence-corrected chi connectivity index (χ1v) is 8.70. The Kier molecular flexibility index (Phi) is 7.45. The summed E-state index contributed by atoms with van der Waals surface area (Å²) in [6.07, 6.45) is 3.80. The Labute approximate surface area is 163 Å². The van der Waals surface area contributed by atoms with Crippen LogP contribution in [0.2, 0.25) is 0 Å². The molecule has 0 spiro atoms. The highest BCUT2D eigenvalue weighted by atomic mass is 16.5. The summed E-state index contributed by atoms with van der Waals surface area (Å²) in [6, 6.07) is 10.1. The fourth-order valence-corrected chi connectivity index (χ4v) is 2.46. The van der Waals surface area contributed by atoms with Crippen LogP contribution in [-0.4, -0.2) is 37.8 Å². The van der Waals surface area contributed by atoms with Crippen LogP contribution in [-0.2, 0) is 4.79 Å². The van der Waals surface area contributed by atoms with Gasteiger partial charge in [-0.1, -0.05) is 25.1 Å². The summed E-state index contributed by atoms with van der Waals surface area (Å²) in [5, 5.41) is 12.0. The molecule has 0 saturated heterocycles. The molecule has 0 heterocycles. The molecule has 0 radical (unpaired) electrons. The SMILES string of the molecule is CCCOc1ccccc1/C=C/C(=O)Nc1cc(OC)c(OC)cc1C(=O)O. The number of methoxy groups -OCH3 is 2. The molecule has 2 aromatic rings. The Morgan fingerprint density at radius 2 is 1.75 bits per heavy atom. The average Bonchev–Trinajstić information content (AvgIpc) is 2.70. The van der Waals surface area contributed by atoms with Crippen LogP contribution in [0.4, 0.5) is 5.69 Å². The number of benzene rings is 2. The predicted molar refractivity (Wildman–Crippen MR) is 106 cm³/mol. The van der Waals surface area contributed by atoms with Crippen LogP contribution in [0.5, 0.6) is 17.2 Å². The Morgan fingerprint density at radius 1 is 1.07 bits per heavy atom. The number of rotatable bonds is 9. The summed E-state index contributed by atoms with van der Waals surface area (Å²) < 4.78 is 15.9. The van der Waals surface area contributed by atoms with Crippen molar-refractivity contribution in [3.05, 3.63) is 53.6 Å². The molecule has 0 fully saturated rings. The minimum absolute atomic E-state index is 0.105. The van der Waals surface area contributed by atoms with E-state index in [2.05, 4.69) is 5.32 Å². The van der Waals surface area contributed by atoms with Crippen LogP contribution in [0.25, 0.3) is 6.08 Å². The molecule has 0 aliphatic heterocycles. The molecule has 2 rings (SSSR count). The van der Waals surface area contributed by atoms with Gasteiger partial charge in [-0.05, 0) is 18.6 Å². The van der Waals surface area contributed by atoms with Crippen molar-refractivity contribution in [1.29, 1.82) is 0 Å². The number of aromatic carboxylic acids is 1. The van der Waals surface area contributed by atoms with Gasteiger partial charge in [0.1, 0.15) is 5.75 Å². The predicted octanol–water partition coefficient (Wildman–Crippen LogP) is 3.84. The molecule has 0 atom stereocenters. The molecule has 1 amide bonds. The molecule has 0 aliphatic carbocycles. The van der Waals surface area contributed by atoms with E-state index in [0.717, 1.165) is 12.0 Å². The average molecular weight is 385 g/mol. The van der Waals surface area contributed by atoms with Gasteiger partial charge in [0, 0.05) is 23.8 Å². The minimum Gasteiger partial charge on any atom is -0.493 e. The largest absolute Gasteiger partial charge is 0.493 e. The summed E-state index contributed by atoms with van der Waals surface area (Å²) in [4.78, 5) is 23.8. The summed E-state index contributed by atoms with van der Waals surface area (Å²) in [6.45, 7) is 2.58. The van der Waals surface area contributed by atoms with Crippen molar-refractivity contribution in [3.63, 3.8) is 0 Å². The van der Waals surface area contributed by atoms with Crippen LogP contribution < -0.4 is 19.5 Å². The van der Waals surface area contributed by atoms with E-state index in [4.69, 9.17) is 14.2 Å². The topological polar surface area (TPSA) is 94.1 Å². The van der Waals surface area contributed by atoms with Crippen LogP contribution in [0.1, 0.15) is 29.3 Å². The lowest BCUT2D eigenvalue weighted by Crippen LogP contribution is -2.12. The van der Waals surface area contributed by atoms with E-state index in [0.29, 0.717) is 18.1 Å². The fraction of sp³-hybridized carbons (Fsp3) is 0.238. The number of ether oxygens (including phenoxy) is 3. The number of para-hydroxylation sites is 1. The maximum Gasteiger partial charge on any atom is 0.337 e. The van der Waals surface area contributed by atoms with Gasteiger partial charge in [0.2, 0.25) is 5.91 Å². The van der Waals surface area contributed by atoms with Gasteiger partial charge in [0.25, 0.3) is 0 Å². The number of hydrogen-bond donors (Lipinski definition) is 2. The van der Waals surface area contributed by atoms with Gasteiger partial charge in [0.05, 0.1) is 32.1 Å². The van der Waals surface area contributed by atoms with Crippen LogP contribution in [0, 0.1) is 0 Å². The Morgan fingerprint density at radius 3 is 2.39 bits per heavy atom. The van der Waals surface area contributed by atoms with Crippen molar-refractivity contribution in [2.75, 3.05) is 26.1 Å². The lowest BCUT2D eigenvalue weighted by Gasteiger charge is -2.13. The second-order valence-corrected chi connectivity index (χ2v) is 5.77. The maximum absolute atomic E-state index is 12.3. The summed E-state index contributed by atoms with van der Waals surface area (Å²) >= 11 is 0. The van der Waals surface area contributed by atoms with Gasteiger partial charge in [-0.25, -0.2) is 4.79 Å². The number of carboxylic acid groups (broad SMARTS) is 1. The number of carbonyl (C=O) groups is 2. The molecule has 2 aromatic carbocycles. The molecule has 7 nitrogen and oxygen atoms in total. The highest BCUT2D eigenvalue weighted by molar-refractivity contribution is 6.06. The molecule has 148 valence electrons. The zero-order valence-corrected chi connectivity index (χ0v) is 16.0. The molecule has 0 bridgehead atoms. The standard InChI is InChI=1S/C21H23NO6/c1-4-11-28-17-8-6-5-7-14(17)9-10-20(23)22-16-13-19(27-3)18(26-2)12-15(16)21(24)25/h5-10,12-13H,4,11H2,1-3H3,(H,22,23)(H,24,25)/b10-9+. The molecular weight excluding hydrogens is 362 g/mol.